The van der Waals surface area contributed by atoms with Gasteiger partial charge in [0.05, 0.1) is 32.1 Å². The molecule has 2 aliphatic rings. The smallest absolute Gasteiger partial charge is 0.199 e. The van der Waals surface area contributed by atoms with Crippen molar-refractivity contribution >= 4 is 17.9 Å². The molecule has 1 atom stereocenters. The van der Waals surface area contributed by atoms with Gasteiger partial charge in [0.2, 0.25) is 0 Å². The van der Waals surface area contributed by atoms with Crippen LogP contribution in [0.5, 0.6) is 5.75 Å². The molecule has 0 saturated carbocycles. The van der Waals surface area contributed by atoms with Gasteiger partial charge in [-0.2, -0.15) is 5.10 Å². The molecule has 2 saturated heterocycles. The fourth-order valence-corrected chi connectivity index (χ4v) is 4.97. The first kappa shape index (κ1) is 23.0. The maximum atomic E-state index is 13.5. The van der Waals surface area contributed by atoms with E-state index in [0.717, 1.165) is 68.5 Å². The van der Waals surface area contributed by atoms with Crippen molar-refractivity contribution in [1.29, 1.82) is 0 Å². The molecule has 2 aromatic carbocycles. The maximum Gasteiger partial charge on any atom is 0.199 e. The van der Waals surface area contributed by atoms with Gasteiger partial charge in [-0.1, -0.05) is 12.1 Å². The number of halogens is 1. The van der Waals surface area contributed by atoms with Gasteiger partial charge in [-0.15, -0.1) is 0 Å². The average Bonchev–Trinajstić information content (AvgIpc) is 3.49. The predicted octanol–water partition coefficient (Wildman–Crippen LogP) is 4.19. The summed E-state index contributed by atoms with van der Waals surface area (Å²) in [5.74, 6) is 1.39. The first-order valence-electron chi connectivity index (χ1n) is 11.8. The van der Waals surface area contributed by atoms with Crippen molar-refractivity contribution in [3.8, 4) is 17.1 Å². The van der Waals surface area contributed by atoms with E-state index in [2.05, 4.69) is 15.9 Å². The number of anilines is 1. The zero-order valence-electron chi connectivity index (χ0n) is 19.4. The fraction of sp³-hybridized carbons (Fsp3) is 0.440. The second-order valence-corrected chi connectivity index (χ2v) is 9.14. The molecule has 180 valence electrons. The highest BCUT2D eigenvalue weighted by Gasteiger charge is 2.23. The minimum absolute atomic E-state index is 0.132. The summed E-state index contributed by atoms with van der Waals surface area (Å²) >= 11 is 5.85. The largest absolute Gasteiger partial charge is 0.495 e. The molecule has 7 nitrogen and oxygen atoms in total. The number of ether oxygens (including phenoxy) is 2. The van der Waals surface area contributed by atoms with Gasteiger partial charge in [-0.05, 0) is 61.5 Å². The quantitative estimate of drug-likeness (QED) is 0.470. The minimum Gasteiger partial charge on any atom is -0.495 e. The number of hydrogen-bond donors (Lipinski definition) is 0. The zero-order valence-corrected chi connectivity index (χ0v) is 20.2. The minimum atomic E-state index is -0.264. The van der Waals surface area contributed by atoms with Crippen molar-refractivity contribution in [2.75, 3.05) is 44.8 Å². The third-order valence-electron chi connectivity index (χ3n) is 6.57. The zero-order chi connectivity index (χ0) is 23.5. The van der Waals surface area contributed by atoms with Crippen LogP contribution in [0.2, 0.25) is 0 Å². The Morgan fingerprint density at radius 2 is 1.85 bits per heavy atom. The van der Waals surface area contributed by atoms with E-state index in [1.54, 1.807) is 19.2 Å². The van der Waals surface area contributed by atoms with E-state index in [4.69, 9.17) is 26.8 Å². The third kappa shape index (κ3) is 4.87. The molecule has 0 unspecified atom stereocenters. The molecule has 34 heavy (non-hydrogen) atoms. The normalized spacial score (nSPS) is 19.0. The molecule has 2 fully saturated rings. The number of benzene rings is 2. The average molecular weight is 484 g/mol. The van der Waals surface area contributed by atoms with Crippen LogP contribution in [0.15, 0.2) is 48.5 Å². The van der Waals surface area contributed by atoms with Gasteiger partial charge < -0.3 is 14.4 Å². The first-order chi connectivity index (χ1) is 16.6. The van der Waals surface area contributed by atoms with Crippen LogP contribution in [-0.4, -0.2) is 65.2 Å². The number of piperazine rings is 1. The molecule has 0 radical (unpaired) electrons. The number of rotatable bonds is 7. The summed E-state index contributed by atoms with van der Waals surface area (Å²) in [6.45, 7) is 5.64. The Morgan fingerprint density at radius 3 is 2.56 bits per heavy atom. The van der Waals surface area contributed by atoms with Crippen LogP contribution < -0.4 is 9.64 Å². The second-order valence-electron chi connectivity index (χ2n) is 8.78. The SMILES string of the molecule is COc1ccccc1N1CCN(Cn2nc(-c3ccc(F)cc3)n(C[C@H]3CCCO3)c2=S)CC1. The molecule has 0 aliphatic carbocycles. The second kappa shape index (κ2) is 10.2. The van der Waals surface area contributed by atoms with Crippen LogP contribution in [0.3, 0.4) is 0 Å². The molecule has 0 N–H and O–H groups in total. The molecule has 3 heterocycles. The lowest BCUT2D eigenvalue weighted by Crippen LogP contribution is -2.47. The van der Waals surface area contributed by atoms with Crippen LogP contribution in [0, 0.1) is 10.6 Å². The van der Waals surface area contributed by atoms with E-state index in [1.165, 1.54) is 12.1 Å². The summed E-state index contributed by atoms with van der Waals surface area (Å²) in [5, 5.41) is 4.87. The van der Waals surface area contributed by atoms with Crippen molar-refractivity contribution < 1.29 is 13.9 Å². The molecule has 0 amide bonds. The molecule has 3 aromatic rings. The first-order valence-corrected chi connectivity index (χ1v) is 12.2. The number of para-hydroxylation sites is 2. The van der Waals surface area contributed by atoms with Crippen molar-refractivity contribution in [3.05, 3.63) is 59.1 Å². The van der Waals surface area contributed by atoms with E-state index in [-0.39, 0.29) is 11.9 Å². The van der Waals surface area contributed by atoms with Gasteiger partial charge in [0.15, 0.2) is 10.6 Å². The Kier molecular flexibility index (Phi) is 6.94. The highest BCUT2D eigenvalue weighted by atomic mass is 32.1. The molecule has 5 rings (SSSR count). The van der Waals surface area contributed by atoms with Gasteiger partial charge in [0, 0.05) is 38.3 Å². The third-order valence-corrected chi connectivity index (χ3v) is 7.00. The fourth-order valence-electron chi connectivity index (χ4n) is 4.71. The summed E-state index contributed by atoms with van der Waals surface area (Å²) in [6.07, 6.45) is 2.21. The van der Waals surface area contributed by atoms with Crippen molar-refractivity contribution in [2.45, 2.75) is 32.2 Å². The lowest BCUT2D eigenvalue weighted by molar-refractivity contribution is 0.0966. The number of aromatic nitrogens is 3. The maximum absolute atomic E-state index is 13.5. The Bertz CT molecular complexity index is 1160. The summed E-state index contributed by atoms with van der Waals surface area (Å²) in [5.41, 5.74) is 1.98. The topological polar surface area (TPSA) is 47.7 Å². The Labute approximate surface area is 204 Å². The van der Waals surface area contributed by atoms with E-state index in [1.807, 2.05) is 27.4 Å². The lowest BCUT2D eigenvalue weighted by Gasteiger charge is -2.36. The predicted molar refractivity (Wildman–Crippen MR) is 132 cm³/mol. The summed E-state index contributed by atoms with van der Waals surface area (Å²) in [4.78, 5) is 4.72. The van der Waals surface area contributed by atoms with Gasteiger partial charge in [0.1, 0.15) is 11.6 Å². The van der Waals surface area contributed by atoms with E-state index in [9.17, 15) is 4.39 Å². The summed E-state index contributed by atoms with van der Waals surface area (Å²) in [7, 11) is 1.71. The standard InChI is InChI=1S/C25H30FN5O2S/c1-32-23-7-3-2-6-22(23)29-14-12-28(13-15-29)18-31-25(34)30(17-21-5-4-16-33-21)24(27-31)19-8-10-20(26)11-9-19/h2-3,6-11,21H,4-5,12-18H2,1H3/t21-/m1/s1. The van der Waals surface area contributed by atoms with Crippen LogP contribution >= 0.6 is 12.2 Å². The van der Waals surface area contributed by atoms with Gasteiger partial charge in [-0.25, -0.2) is 9.07 Å². The van der Waals surface area contributed by atoms with Crippen molar-refractivity contribution in [1.82, 2.24) is 19.2 Å². The summed E-state index contributed by atoms with van der Waals surface area (Å²) in [6, 6.07) is 14.6. The molecule has 2 aliphatic heterocycles. The lowest BCUT2D eigenvalue weighted by atomic mass is 10.2. The summed E-state index contributed by atoms with van der Waals surface area (Å²) < 4.78 is 29.5. The molecular weight excluding hydrogens is 453 g/mol. The Morgan fingerprint density at radius 1 is 1.09 bits per heavy atom. The van der Waals surface area contributed by atoms with Crippen molar-refractivity contribution in [2.24, 2.45) is 0 Å². The van der Waals surface area contributed by atoms with Crippen LogP contribution in [-0.2, 0) is 18.0 Å². The molecular formula is C25H30FN5O2S. The molecule has 0 spiro atoms. The Hall–Kier alpha value is -2.75. The van der Waals surface area contributed by atoms with Gasteiger partial charge >= 0.3 is 0 Å². The van der Waals surface area contributed by atoms with Crippen LogP contribution in [0.4, 0.5) is 10.1 Å². The van der Waals surface area contributed by atoms with Crippen LogP contribution in [0.1, 0.15) is 12.8 Å². The number of nitrogens with zero attached hydrogens (tertiary/aromatic N) is 5. The van der Waals surface area contributed by atoms with E-state index < -0.39 is 0 Å². The number of methoxy groups -OCH3 is 1. The van der Waals surface area contributed by atoms with E-state index in [0.29, 0.717) is 18.0 Å². The van der Waals surface area contributed by atoms with Crippen LogP contribution in [0.25, 0.3) is 11.4 Å². The number of hydrogen-bond acceptors (Lipinski definition) is 6. The van der Waals surface area contributed by atoms with Crippen molar-refractivity contribution in [3.63, 3.8) is 0 Å². The van der Waals surface area contributed by atoms with E-state index >= 15 is 0 Å². The van der Waals surface area contributed by atoms with Gasteiger partial charge in [-0.3, -0.25) is 9.47 Å². The Balaban J connectivity index is 1.33. The molecule has 9 heteroatoms. The monoisotopic (exact) mass is 483 g/mol. The molecule has 1 aromatic heterocycles. The highest BCUT2D eigenvalue weighted by Crippen LogP contribution is 2.28. The van der Waals surface area contributed by atoms with Gasteiger partial charge in [0.25, 0.3) is 0 Å². The molecule has 0 bridgehead atoms. The highest BCUT2D eigenvalue weighted by molar-refractivity contribution is 7.71.